The molecule has 1 unspecified atom stereocenters. The number of hydrogen-bond donors (Lipinski definition) is 1. The molecule has 4 rings (SSSR count). The van der Waals surface area contributed by atoms with E-state index in [0.717, 1.165) is 0 Å². The maximum atomic E-state index is 13.3. The first-order valence-corrected chi connectivity index (χ1v) is 9.95. The number of aromatic nitrogens is 2. The minimum Gasteiger partial charge on any atom is -0.322 e. The number of para-hydroxylation sites is 1. The fourth-order valence-electron chi connectivity index (χ4n) is 3.85. The molecule has 30 heavy (non-hydrogen) atoms. The van der Waals surface area contributed by atoms with Crippen LogP contribution in [0, 0.1) is 5.82 Å². The van der Waals surface area contributed by atoms with Crippen LogP contribution >= 0.6 is 0 Å². The molecular weight excluding hydrogens is 385 g/mol. The predicted molar refractivity (Wildman–Crippen MR) is 114 cm³/mol. The lowest BCUT2D eigenvalue weighted by molar-refractivity contribution is 0.114. The summed E-state index contributed by atoms with van der Waals surface area (Å²) in [5.41, 5.74) is 1.07. The van der Waals surface area contributed by atoms with Gasteiger partial charge in [0.2, 0.25) is 0 Å². The molecule has 1 aliphatic heterocycles. The molecule has 2 amide bonds. The first-order chi connectivity index (χ1) is 14.4. The smallest absolute Gasteiger partial charge is 0.321 e. The maximum Gasteiger partial charge on any atom is 0.321 e. The quantitative estimate of drug-likeness (QED) is 0.722. The number of halogens is 1. The zero-order valence-corrected chi connectivity index (χ0v) is 17.0. The Hall–Kier alpha value is -3.26. The van der Waals surface area contributed by atoms with Gasteiger partial charge in [0.1, 0.15) is 11.6 Å². The summed E-state index contributed by atoms with van der Waals surface area (Å²) in [6.07, 6.45) is 0. The van der Waals surface area contributed by atoms with Gasteiger partial charge in [-0.05, 0) is 37.3 Å². The number of carbonyl (C=O) groups is 1. The second-order valence-electron chi connectivity index (χ2n) is 7.49. The summed E-state index contributed by atoms with van der Waals surface area (Å²) in [6.45, 7) is 4.40. The van der Waals surface area contributed by atoms with Gasteiger partial charge < -0.3 is 10.2 Å². The number of nitrogens with zero attached hydrogens (tertiary/aromatic N) is 4. The normalized spacial score (nSPS) is 15.9. The summed E-state index contributed by atoms with van der Waals surface area (Å²) in [5, 5.41) is 3.34. The van der Waals surface area contributed by atoms with E-state index >= 15 is 0 Å². The van der Waals surface area contributed by atoms with Crippen LogP contribution in [0.2, 0.25) is 0 Å². The van der Waals surface area contributed by atoms with E-state index in [1.807, 2.05) is 25.1 Å². The molecule has 1 aromatic heterocycles. The first-order valence-electron chi connectivity index (χ1n) is 9.95. The Bertz CT molecular complexity index is 1140. The highest BCUT2D eigenvalue weighted by Gasteiger charge is 2.27. The van der Waals surface area contributed by atoms with Gasteiger partial charge in [-0.3, -0.25) is 14.3 Å². The minimum atomic E-state index is -0.389. The fraction of sp³-hybridized carbons (Fsp3) is 0.318. The van der Waals surface area contributed by atoms with Gasteiger partial charge in [-0.2, -0.15) is 0 Å². The molecule has 1 atom stereocenters. The van der Waals surface area contributed by atoms with Crippen molar-refractivity contribution < 1.29 is 9.18 Å². The van der Waals surface area contributed by atoms with E-state index in [1.165, 1.54) is 12.1 Å². The molecule has 7 nitrogen and oxygen atoms in total. The van der Waals surface area contributed by atoms with Crippen molar-refractivity contribution in [3.8, 4) is 0 Å². The van der Waals surface area contributed by atoms with Crippen LogP contribution in [-0.2, 0) is 7.05 Å². The van der Waals surface area contributed by atoms with Crippen LogP contribution in [0.1, 0.15) is 18.8 Å². The number of hydrogen-bond acceptors (Lipinski definition) is 4. The van der Waals surface area contributed by atoms with Gasteiger partial charge in [0, 0.05) is 38.9 Å². The van der Waals surface area contributed by atoms with Gasteiger partial charge in [0.15, 0.2) is 0 Å². The zero-order valence-electron chi connectivity index (χ0n) is 17.0. The highest BCUT2D eigenvalue weighted by atomic mass is 19.1. The van der Waals surface area contributed by atoms with Gasteiger partial charge in [-0.15, -0.1) is 0 Å². The van der Waals surface area contributed by atoms with Gasteiger partial charge in [-0.25, -0.2) is 14.2 Å². The number of amides is 2. The Labute approximate surface area is 173 Å². The van der Waals surface area contributed by atoms with Crippen molar-refractivity contribution in [1.29, 1.82) is 0 Å². The lowest BCUT2D eigenvalue weighted by Gasteiger charge is -2.38. The molecule has 8 heteroatoms. The van der Waals surface area contributed by atoms with E-state index in [0.29, 0.717) is 48.6 Å². The van der Waals surface area contributed by atoms with Crippen molar-refractivity contribution in [1.82, 2.24) is 19.4 Å². The standard InChI is InChI=1S/C22H24FN5O2/c1-15(20-25-19-9-4-3-8-18(19)21(29)26(20)2)27-10-12-28(13-11-27)22(30)24-17-7-5-6-16(23)14-17/h3-9,14-15H,10-13H2,1-2H3,(H,24,30). The topological polar surface area (TPSA) is 70.5 Å². The van der Waals surface area contributed by atoms with E-state index in [9.17, 15) is 14.0 Å². The van der Waals surface area contributed by atoms with Gasteiger partial charge in [0.05, 0.1) is 16.9 Å². The van der Waals surface area contributed by atoms with Crippen LogP contribution in [0.3, 0.4) is 0 Å². The van der Waals surface area contributed by atoms with E-state index < -0.39 is 0 Å². The Morgan fingerprint density at radius 1 is 1.10 bits per heavy atom. The summed E-state index contributed by atoms with van der Waals surface area (Å²) < 4.78 is 14.9. The molecule has 156 valence electrons. The Kier molecular flexibility index (Phi) is 5.50. The number of nitrogens with one attached hydrogen (secondary N) is 1. The van der Waals surface area contributed by atoms with Crippen LogP contribution in [0.15, 0.2) is 53.3 Å². The predicted octanol–water partition coefficient (Wildman–Crippen LogP) is 2.98. The van der Waals surface area contributed by atoms with Gasteiger partial charge in [-0.1, -0.05) is 18.2 Å². The third kappa shape index (κ3) is 3.91. The third-order valence-corrected chi connectivity index (χ3v) is 5.62. The Morgan fingerprint density at radius 3 is 2.57 bits per heavy atom. The number of carbonyl (C=O) groups excluding carboxylic acids is 1. The number of urea groups is 1. The Balaban J connectivity index is 1.44. The van der Waals surface area contributed by atoms with Crippen molar-refractivity contribution in [2.75, 3.05) is 31.5 Å². The highest BCUT2D eigenvalue weighted by Crippen LogP contribution is 2.21. The summed E-state index contributed by atoms with van der Waals surface area (Å²) in [4.78, 5) is 33.8. The second-order valence-corrected chi connectivity index (χ2v) is 7.49. The number of piperazine rings is 1. The molecule has 0 saturated carbocycles. The van der Waals surface area contributed by atoms with E-state index in [4.69, 9.17) is 4.98 Å². The molecule has 0 spiro atoms. The molecule has 0 bridgehead atoms. The molecular formula is C22H24FN5O2. The van der Waals surface area contributed by atoms with Crippen LogP contribution in [0.5, 0.6) is 0 Å². The summed E-state index contributed by atoms with van der Waals surface area (Å²) >= 11 is 0. The van der Waals surface area contributed by atoms with Crippen molar-refractivity contribution in [2.24, 2.45) is 7.05 Å². The third-order valence-electron chi connectivity index (χ3n) is 5.62. The average molecular weight is 409 g/mol. The minimum absolute atomic E-state index is 0.0597. The first kappa shape index (κ1) is 20.0. The molecule has 2 aromatic carbocycles. The van der Waals surface area contributed by atoms with Crippen LogP contribution in [0.4, 0.5) is 14.9 Å². The van der Waals surface area contributed by atoms with E-state index in [2.05, 4.69) is 10.2 Å². The van der Waals surface area contributed by atoms with Crippen molar-refractivity contribution in [3.05, 3.63) is 70.5 Å². The summed E-state index contributed by atoms with van der Waals surface area (Å²) in [5.74, 6) is 0.316. The average Bonchev–Trinajstić information content (AvgIpc) is 2.76. The SMILES string of the molecule is CC(c1nc2ccccc2c(=O)n1C)N1CCN(C(=O)Nc2cccc(F)c2)CC1. The maximum absolute atomic E-state index is 13.3. The number of anilines is 1. The number of rotatable bonds is 3. The largest absolute Gasteiger partial charge is 0.322 e. The highest BCUT2D eigenvalue weighted by molar-refractivity contribution is 5.89. The summed E-state index contributed by atoms with van der Waals surface area (Å²) in [6, 6.07) is 12.9. The van der Waals surface area contributed by atoms with Crippen LogP contribution in [0.25, 0.3) is 10.9 Å². The molecule has 3 aromatic rings. The fourth-order valence-corrected chi connectivity index (χ4v) is 3.85. The zero-order chi connectivity index (χ0) is 21.3. The molecule has 2 heterocycles. The Morgan fingerprint density at radius 2 is 1.83 bits per heavy atom. The monoisotopic (exact) mass is 409 g/mol. The lowest BCUT2D eigenvalue weighted by Crippen LogP contribution is -2.51. The number of benzene rings is 2. The molecule has 0 aliphatic carbocycles. The van der Waals surface area contributed by atoms with Crippen LogP contribution < -0.4 is 10.9 Å². The molecule has 1 saturated heterocycles. The molecule has 1 aliphatic rings. The van der Waals surface area contributed by atoms with Crippen molar-refractivity contribution >= 4 is 22.6 Å². The summed E-state index contributed by atoms with van der Waals surface area (Å²) in [7, 11) is 1.75. The molecule has 1 N–H and O–H groups in total. The van der Waals surface area contributed by atoms with Crippen molar-refractivity contribution in [2.45, 2.75) is 13.0 Å². The molecule has 0 radical (unpaired) electrons. The number of fused-ring (bicyclic) bond motifs is 1. The van der Waals surface area contributed by atoms with E-state index in [-0.39, 0.29) is 23.4 Å². The molecule has 1 fully saturated rings. The van der Waals surface area contributed by atoms with Gasteiger partial charge >= 0.3 is 6.03 Å². The van der Waals surface area contributed by atoms with Gasteiger partial charge in [0.25, 0.3) is 5.56 Å². The van der Waals surface area contributed by atoms with E-state index in [1.54, 1.807) is 34.7 Å². The second kappa shape index (κ2) is 8.23. The van der Waals surface area contributed by atoms with Crippen molar-refractivity contribution in [3.63, 3.8) is 0 Å². The van der Waals surface area contributed by atoms with Crippen LogP contribution in [-0.4, -0.2) is 51.6 Å². The lowest BCUT2D eigenvalue weighted by atomic mass is 10.2.